The monoisotopic (exact) mass is 434 g/mol. The zero-order valence-corrected chi connectivity index (χ0v) is 17.8. The molecule has 0 aromatic heterocycles. The number of benzene rings is 3. The summed E-state index contributed by atoms with van der Waals surface area (Å²) in [4.78, 5) is 0. The Labute approximate surface area is 170 Å². The van der Waals surface area contributed by atoms with E-state index in [1.54, 1.807) is 0 Å². The number of rotatable bonds is 4. The second kappa shape index (κ2) is 6.43. The fourth-order valence-corrected chi connectivity index (χ4v) is 14.9. The molecule has 136 valence electrons. The van der Waals surface area contributed by atoms with E-state index in [0.29, 0.717) is 11.6 Å². The normalized spacial score (nSPS) is 25.2. The zero-order chi connectivity index (χ0) is 18.3. The van der Waals surface area contributed by atoms with Crippen LogP contribution in [0, 0.1) is 11.8 Å². The van der Waals surface area contributed by atoms with E-state index in [2.05, 4.69) is 119 Å². The minimum absolute atomic E-state index is 0.596. The van der Waals surface area contributed by atoms with Crippen LogP contribution in [-0.4, -0.2) is 5.66 Å². The van der Waals surface area contributed by atoms with E-state index in [1.165, 1.54) is 28.8 Å². The average molecular weight is 435 g/mol. The molecule has 2 heteroatoms. The first-order valence-corrected chi connectivity index (χ1v) is 14.1. The summed E-state index contributed by atoms with van der Waals surface area (Å²) >= 11 is 4.64. The first-order chi connectivity index (χ1) is 13.2. The van der Waals surface area contributed by atoms with Crippen LogP contribution in [-0.2, 0) is 0 Å². The van der Waals surface area contributed by atoms with Crippen LogP contribution in [0.1, 0.15) is 12.8 Å². The molecule has 5 rings (SSSR count). The van der Waals surface area contributed by atoms with Gasteiger partial charge in [-0.05, 0) is 0 Å². The molecular weight excluding hydrogens is 411 g/mol. The predicted octanol–water partition coefficient (Wildman–Crippen LogP) is 5.79. The summed E-state index contributed by atoms with van der Waals surface area (Å²) in [6.07, 6.45) is 7.52. The fourth-order valence-electron chi connectivity index (χ4n) is 5.49. The molecule has 0 radical (unpaired) electrons. The van der Waals surface area contributed by atoms with Crippen molar-refractivity contribution in [2.24, 2.45) is 11.8 Å². The Morgan fingerprint density at radius 2 is 1.04 bits per heavy atom. The summed E-state index contributed by atoms with van der Waals surface area (Å²) < 4.78 is 0. The first-order valence-electron chi connectivity index (χ1n) is 9.80. The van der Waals surface area contributed by atoms with Gasteiger partial charge in [-0.25, -0.2) is 0 Å². The Kier molecular flexibility index (Phi) is 4.15. The van der Waals surface area contributed by atoms with E-state index in [-0.39, 0.29) is 0 Å². The van der Waals surface area contributed by atoms with Crippen LogP contribution in [0.2, 0.25) is 0 Å². The fraction of sp³-hybridized carbons (Fsp3) is 0.200. The Bertz CT molecular complexity index is 866. The maximum absolute atomic E-state index is 4.64. The van der Waals surface area contributed by atoms with E-state index < -0.39 is 5.31 Å². The Morgan fingerprint density at radius 3 is 1.37 bits per heavy atom. The minimum atomic E-state index is -2.80. The van der Waals surface area contributed by atoms with E-state index in [9.17, 15) is 0 Å². The van der Waals surface area contributed by atoms with Crippen molar-refractivity contribution in [2.45, 2.75) is 18.5 Å². The van der Waals surface area contributed by atoms with Gasteiger partial charge in [-0.1, -0.05) is 0 Å². The molecular formula is C25H24BrP. The van der Waals surface area contributed by atoms with Gasteiger partial charge >= 0.3 is 170 Å². The third-order valence-corrected chi connectivity index (χ3v) is 17.7. The number of hydrogen-bond donors (Lipinski definition) is 0. The molecule has 27 heavy (non-hydrogen) atoms. The van der Waals surface area contributed by atoms with Gasteiger partial charge in [0, 0.05) is 0 Å². The molecule has 0 saturated heterocycles. The van der Waals surface area contributed by atoms with Crippen molar-refractivity contribution in [2.75, 3.05) is 0 Å². The van der Waals surface area contributed by atoms with Gasteiger partial charge in [-0.2, -0.15) is 0 Å². The molecule has 2 bridgehead atoms. The van der Waals surface area contributed by atoms with Gasteiger partial charge in [-0.3, -0.25) is 0 Å². The molecule has 0 spiro atoms. The Hall–Kier alpha value is -1.69. The van der Waals surface area contributed by atoms with E-state index >= 15 is 0 Å². The summed E-state index contributed by atoms with van der Waals surface area (Å²) in [5.41, 5.74) is 0.596. The third kappa shape index (κ3) is 2.38. The molecule has 3 atom stereocenters. The molecule has 2 aliphatic carbocycles. The van der Waals surface area contributed by atoms with Gasteiger partial charge < -0.3 is 0 Å². The van der Waals surface area contributed by atoms with Crippen LogP contribution in [0.5, 0.6) is 0 Å². The van der Waals surface area contributed by atoms with Crippen molar-refractivity contribution in [1.82, 2.24) is 0 Å². The molecule has 2 aliphatic rings. The molecule has 3 aromatic rings. The second-order valence-corrected chi connectivity index (χ2v) is 16.7. The molecule has 3 unspecified atom stereocenters. The van der Waals surface area contributed by atoms with Crippen molar-refractivity contribution < 1.29 is 0 Å². The van der Waals surface area contributed by atoms with Crippen molar-refractivity contribution in [3.63, 3.8) is 0 Å². The quantitative estimate of drug-likeness (QED) is 0.360. The van der Waals surface area contributed by atoms with Crippen LogP contribution in [0.25, 0.3) is 0 Å². The molecule has 0 nitrogen and oxygen atoms in total. The number of halogens is 1. The van der Waals surface area contributed by atoms with Gasteiger partial charge in [0.25, 0.3) is 0 Å². The van der Waals surface area contributed by atoms with E-state index in [0.717, 1.165) is 5.92 Å². The van der Waals surface area contributed by atoms with Gasteiger partial charge in [0.15, 0.2) is 0 Å². The summed E-state index contributed by atoms with van der Waals surface area (Å²) in [6, 6.07) is 33.7. The van der Waals surface area contributed by atoms with Crippen molar-refractivity contribution in [3.8, 4) is 0 Å². The second-order valence-electron chi connectivity index (χ2n) is 7.93. The standard InChI is InChI=1S/C25H24BrP/c26-27(22-10-4-1-5-11-22,23-12-6-2-7-13-23,24-14-8-3-9-15-24)25-19-20-16-17-21(25)18-20/h1-17,20-21,25H,18-19H2. The third-order valence-electron chi connectivity index (χ3n) is 6.65. The van der Waals surface area contributed by atoms with Crippen LogP contribution in [0.4, 0.5) is 0 Å². The van der Waals surface area contributed by atoms with Crippen molar-refractivity contribution in [3.05, 3.63) is 103 Å². The van der Waals surface area contributed by atoms with Crippen LogP contribution < -0.4 is 15.9 Å². The molecule has 3 aromatic carbocycles. The number of allylic oxidation sites excluding steroid dienone is 2. The number of fused-ring (bicyclic) bond motifs is 2. The van der Waals surface area contributed by atoms with Crippen molar-refractivity contribution >= 4 is 36.7 Å². The molecule has 0 heterocycles. The van der Waals surface area contributed by atoms with Gasteiger partial charge in [0.2, 0.25) is 0 Å². The van der Waals surface area contributed by atoms with E-state index in [4.69, 9.17) is 0 Å². The molecule has 1 saturated carbocycles. The number of hydrogen-bond acceptors (Lipinski definition) is 0. The Morgan fingerprint density at radius 1 is 0.593 bits per heavy atom. The SMILES string of the molecule is BrP(c1ccccc1)(c1ccccc1)(c1ccccc1)C1CC2C=CC1C2. The molecule has 0 aliphatic heterocycles. The van der Waals surface area contributed by atoms with Crippen LogP contribution in [0.3, 0.4) is 0 Å². The average Bonchev–Trinajstić information content (AvgIpc) is 3.39. The Balaban J connectivity index is 1.90. The molecule has 1 fully saturated rings. The maximum atomic E-state index is 4.64. The predicted molar refractivity (Wildman–Crippen MR) is 123 cm³/mol. The van der Waals surface area contributed by atoms with Gasteiger partial charge in [0.1, 0.15) is 0 Å². The van der Waals surface area contributed by atoms with Crippen LogP contribution >= 0.6 is 20.8 Å². The summed E-state index contributed by atoms with van der Waals surface area (Å²) in [6.45, 7) is 0. The summed E-state index contributed by atoms with van der Waals surface area (Å²) in [7, 11) is 0. The molecule has 0 amide bonds. The van der Waals surface area contributed by atoms with Crippen LogP contribution in [0.15, 0.2) is 103 Å². The van der Waals surface area contributed by atoms with Gasteiger partial charge in [0.05, 0.1) is 0 Å². The topological polar surface area (TPSA) is 0 Å². The summed E-state index contributed by atoms with van der Waals surface area (Å²) in [5, 5.41) is 1.55. The van der Waals surface area contributed by atoms with E-state index in [1.807, 2.05) is 0 Å². The first kappa shape index (κ1) is 17.4. The molecule has 0 N–H and O–H groups in total. The summed E-state index contributed by atoms with van der Waals surface area (Å²) in [5.74, 6) is 1.38. The van der Waals surface area contributed by atoms with Gasteiger partial charge in [-0.15, -0.1) is 0 Å². The zero-order valence-electron chi connectivity index (χ0n) is 15.3. The van der Waals surface area contributed by atoms with Crippen molar-refractivity contribution in [1.29, 1.82) is 0 Å².